The van der Waals surface area contributed by atoms with Gasteiger partial charge in [-0.2, -0.15) is 15.3 Å². The summed E-state index contributed by atoms with van der Waals surface area (Å²) in [5.74, 6) is -4.19. The van der Waals surface area contributed by atoms with Crippen molar-refractivity contribution in [1.29, 1.82) is 0 Å². The number of nitrogens with zero attached hydrogens (tertiary/aromatic N) is 6. The summed E-state index contributed by atoms with van der Waals surface area (Å²) in [6.45, 7) is 5.31. The fraction of sp³-hybridized carbons (Fsp3) is 0.219. The molecule has 6 aromatic carbocycles. The van der Waals surface area contributed by atoms with Crippen molar-refractivity contribution in [3.8, 4) is 17.1 Å². The summed E-state index contributed by atoms with van der Waals surface area (Å²) in [6, 6.07) is 40.1. The number of benzene rings is 6. The van der Waals surface area contributed by atoms with Gasteiger partial charge in [0.05, 0.1) is 59.0 Å². The molecule has 0 radical (unpaired) electrons. The Balaban J connectivity index is 0.000000181. The van der Waals surface area contributed by atoms with Gasteiger partial charge in [-0.1, -0.05) is 77.3 Å². The highest BCUT2D eigenvalue weighted by Crippen LogP contribution is 2.23. The largest absolute Gasteiger partial charge is 0.478 e. The number of rotatable bonds is 21. The molecule has 3 heterocycles. The summed E-state index contributed by atoms with van der Waals surface area (Å²) in [5, 5.41) is 33.1. The highest BCUT2D eigenvalue weighted by molar-refractivity contribution is 6.31. The SMILES string of the molecule is COC(=O)c1ccc(CC(=O)CCc2cc(C)nn2-c2cccc(Cl)c2)cc1F.Cc1cc(CCC(=O)Cc2ccc(C(=O)O)c(F)c2)n(-c2cccc(Cl)c2)n1.Cc1cc(CCC(=O)Cc2ccc(CO)c(F)c2)n(-c2cccc(Cl)c2)n1. The van der Waals surface area contributed by atoms with Crippen molar-refractivity contribution in [3.63, 3.8) is 0 Å². The second-order valence-electron chi connectivity index (χ2n) is 19.7. The third-order valence-corrected chi connectivity index (χ3v) is 13.8. The van der Waals surface area contributed by atoms with Gasteiger partial charge in [-0.25, -0.2) is 36.8 Å². The van der Waals surface area contributed by atoms with Gasteiger partial charge in [-0.15, -0.1) is 0 Å². The minimum atomic E-state index is -1.33. The van der Waals surface area contributed by atoms with Crippen molar-refractivity contribution in [2.75, 3.05) is 7.11 Å². The molecule has 9 aromatic rings. The Morgan fingerprint density at radius 2 is 0.821 bits per heavy atom. The first-order chi connectivity index (χ1) is 40.2. The molecule has 434 valence electrons. The van der Waals surface area contributed by atoms with Crippen LogP contribution in [0.2, 0.25) is 15.1 Å². The number of Topliss-reactive ketones (excluding diaryl/α,β-unsaturated/α-hetero) is 3. The van der Waals surface area contributed by atoms with Crippen LogP contribution in [0.4, 0.5) is 13.2 Å². The summed E-state index contributed by atoms with van der Waals surface area (Å²) in [5.41, 5.74) is 8.95. The van der Waals surface area contributed by atoms with E-state index in [4.69, 9.17) is 45.0 Å². The number of halogens is 6. The molecule has 0 aliphatic carbocycles. The number of carbonyl (C=O) groups excluding carboxylic acids is 4. The van der Waals surface area contributed by atoms with Gasteiger partial charge in [0, 0.05) is 76.2 Å². The Bertz CT molecular complexity index is 3860. The van der Waals surface area contributed by atoms with Gasteiger partial charge in [0.1, 0.15) is 34.8 Å². The number of aryl methyl sites for hydroxylation is 6. The molecule has 0 aliphatic heterocycles. The van der Waals surface area contributed by atoms with Gasteiger partial charge in [0.15, 0.2) is 0 Å². The van der Waals surface area contributed by atoms with Crippen LogP contribution in [-0.4, -0.2) is 76.0 Å². The first-order valence-electron chi connectivity index (χ1n) is 26.4. The van der Waals surface area contributed by atoms with Gasteiger partial charge in [-0.3, -0.25) is 14.4 Å². The van der Waals surface area contributed by atoms with Gasteiger partial charge in [-0.05, 0) is 160 Å². The van der Waals surface area contributed by atoms with Crippen molar-refractivity contribution in [2.24, 2.45) is 0 Å². The number of aromatic nitrogens is 6. The van der Waals surface area contributed by atoms with Gasteiger partial charge >= 0.3 is 11.9 Å². The molecule has 0 bridgehead atoms. The van der Waals surface area contributed by atoms with Crippen LogP contribution in [0, 0.1) is 38.2 Å². The maximum Gasteiger partial charge on any atom is 0.340 e. The summed E-state index contributed by atoms with van der Waals surface area (Å²) < 4.78 is 51.4. The molecule has 0 saturated heterocycles. The molecular formula is C64H58Cl3F3N6O8. The number of ether oxygens (including phenoxy) is 1. The Kier molecular flexibility index (Phi) is 22.3. The molecule has 0 amide bonds. The number of methoxy groups -OCH3 is 1. The molecule has 0 unspecified atom stereocenters. The Morgan fingerprint density at radius 1 is 0.476 bits per heavy atom. The number of aliphatic hydroxyl groups is 1. The zero-order chi connectivity index (χ0) is 60.6. The van der Waals surface area contributed by atoms with E-state index in [1.54, 1.807) is 50.4 Å². The van der Waals surface area contributed by atoms with Gasteiger partial charge in [0.2, 0.25) is 0 Å². The summed E-state index contributed by atoms with van der Waals surface area (Å²) >= 11 is 18.2. The Labute approximate surface area is 498 Å². The fourth-order valence-electron chi connectivity index (χ4n) is 9.05. The highest BCUT2D eigenvalue weighted by atomic mass is 35.5. The predicted octanol–water partition coefficient (Wildman–Crippen LogP) is 13.1. The van der Waals surface area contributed by atoms with E-state index in [0.717, 1.165) is 57.3 Å². The van der Waals surface area contributed by atoms with Crippen LogP contribution >= 0.6 is 34.8 Å². The smallest absolute Gasteiger partial charge is 0.340 e. The number of carbonyl (C=O) groups is 5. The molecule has 14 nitrogen and oxygen atoms in total. The highest BCUT2D eigenvalue weighted by Gasteiger charge is 2.18. The van der Waals surface area contributed by atoms with Crippen molar-refractivity contribution in [1.82, 2.24) is 29.3 Å². The third kappa shape index (κ3) is 17.8. The van der Waals surface area contributed by atoms with Crippen LogP contribution < -0.4 is 0 Å². The van der Waals surface area contributed by atoms with E-state index in [0.29, 0.717) is 57.4 Å². The number of aliphatic hydroxyl groups excluding tert-OH is 1. The Morgan fingerprint density at radius 3 is 1.13 bits per heavy atom. The molecule has 0 fully saturated rings. The molecular weight excluding hydrogens is 1140 g/mol. The van der Waals surface area contributed by atoms with Crippen molar-refractivity contribution in [3.05, 3.63) is 246 Å². The zero-order valence-corrected chi connectivity index (χ0v) is 48.5. The first-order valence-corrected chi connectivity index (χ1v) is 27.6. The molecule has 3 aromatic heterocycles. The lowest BCUT2D eigenvalue weighted by Gasteiger charge is -2.08. The number of carboxylic acids is 1. The minimum absolute atomic E-state index is 0.0163. The molecule has 0 spiro atoms. The lowest BCUT2D eigenvalue weighted by molar-refractivity contribution is -0.119. The maximum atomic E-state index is 14.0. The Hall–Kier alpha value is -8.48. The molecule has 0 atom stereocenters. The zero-order valence-electron chi connectivity index (χ0n) is 46.2. The van der Waals surface area contributed by atoms with Crippen LogP contribution in [0.1, 0.15) is 96.4 Å². The third-order valence-electron chi connectivity index (χ3n) is 13.0. The van der Waals surface area contributed by atoms with Crippen LogP contribution in [0.15, 0.2) is 146 Å². The first kappa shape index (κ1) is 63.1. The molecule has 0 saturated carbocycles. The molecule has 84 heavy (non-hydrogen) atoms. The maximum absolute atomic E-state index is 14.0. The van der Waals surface area contributed by atoms with Gasteiger partial charge in [0.25, 0.3) is 0 Å². The van der Waals surface area contributed by atoms with Crippen LogP contribution in [0.5, 0.6) is 0 Å². The number of aromatic carboxylic acids is 1. The van der Waals surface area contributed by atoms with E-state index in [1.807, 2.05) is 87.5 Å². The normalized spacial score (nSPS) is 10.8. The van der Waals surface area contributed by atoms with E-state index in [2.05, 4.69) is 20.0 Å². The number of hydrogen-bond donors (Lipinski definition) is 2. The van der Waals surface area contributed by atoms with Crippen LogP contribution in [0.25, 0.3) is 17.1 Å². The van der Waals surface area contributed by atoms with E-state index >= 15 is 0 Å². The monoisotopic (exact) mass is 1200 g/mol. The molecule has 0 aliphatic rings. The second kappa shape index (κ2) is 29.7. The van der Waals surface area contributed by atoms with Crippen molar-refractivity contribution < 1.29 is 52.1 Å². The number of hydrogen-bond acceptors (Lipinski definition) is 10. The number of esters is 1. The lowest BCUT2D eigenvalue weighted by Crippen LogP contribution is -2.09. The lowest BCUT2D eigenvalue weighted by atomic mass is 10.0. The minimum Gasteiger partial charge on any atom is -0.478 e. The number of ketones is 3. The quantitative estimate of drug-likeness (QED) is 0.0652. The van der Waals surface area contributed by atoms with E-state index in [1.165, 1.54) is 43.5 Å². The summed E-state index contributed by atoms with van der Waals surface area (Å²) in [4.78, 5) is 59.4. The van der Waals surface area contributed by atoms with Gasteiger partial charge < -0.3 is 14.9 Å². The van der Waals surface area contributed by atoms with Crippen LogP contribution in [0.3, 0.4) is 0 Å². The number of carboxylic acid groups (broad SMARTS) is 1. The van der Waals surface area contributed by atoms with E-state index in [9.17, 15) is 37.1 Å². The summed E-state index contributed by atoms with van der Waals surface area (Å²) in [7, 11) is 1.19. The summed E-state index contributed by atoms with van der Waals surface area (Å²) in [6.07, 6.45) is 2.66. The standard InChI is InChI=1S/C22H20ClFN2O3.C21H18ClFN2O3.C21H20ClFN2O2/c1-14-10-18(26(25-14)17-5-3-4-16(23)13-17)7-8-19(27)11-15-6-9-20(21(24)12-15)22(28)29-2;1-13-9-17(25(24-13)16-4-2-3-15(22)12-16)6-7-18(26)10-14-5-8-19(21(27)28)20(23)11-14;1-14-9-19(25(24-14)18-4-2-3-17(22)12-18)7-8-20(27)10-15-5-6-16(13-26)21(23)11-15/h3-6,9-10,12-13H,7-8,11H2,1-2H3;2-5,8-9,11-12H,6-7,10H2,1H3,(H,27,28);2-6,9,11-12,26H,7-8,10,13H2,1H3. The molecule has 2 N–H and O–H groups in total. The molecule has 20 heteroatoms. The second-order valence-corrected chi connectivity index (χ2v) is 21.0. The topological polar surface area (TPSA) is 188 Å². The average molecular weight is 1200 g/mol. The van der Waals surface area contributed by atoms with Crippen LogP contribution in [-0.2, 0) is 64.3 Å². The molecule has 9 rings (SSSR count). The van der Waals surface area contributed by atoms with Crippen molar-refractivity contribution >= 4 is 64.1 Å². The average Bonchev–Trinajstić information content (AvgIpc) is 4.36. The predicted molar refractivity (Wildman–Crippen MR) is 314 cm³/mol. The van der Waals surface area contributed by atoms with Crippen molar-refractivity contribution in [2.45, 2.75) is 85.2 Å². The van der Waals surface area contributed by atoms with E-state index in [-0.39, 0.29) is 67.2 Å². The van der Waals surface area contributed by atoms with E-state index < -0.39 is 35.0 Å². The fourth-order valence-corrected chi connectivity index (χ4v) is 9.61.